The van der Waals surface area contributed by atoms with Gasteiger partial charge >= 0.3 is 0 Å². The van der Waals surface area contributed by atoms with E-state index in [0.29, 0.717) is 17.3 Å². The molecule has 1 atom stereocenters. The summed E-state index contributed by atoms with van der Waals surface area (Å²) >= 11 is 1.97. The van der Waals surface area contributed by atoms with Crippen molar-refractivity contribution in [3.63, 3.8) is 0 Å². The van der Waals surface area contributed by atoms with Gasteiger partial charge in [0.05, 0.1) is 5.69 Å². The maximum Gasteiger partial charge on any atom is 0.148 e. The molecule has 0 saturated carbocycles. The normalized spacial score (nSPS) is 20.5. The highest BCUT2D eigenvalue weighted by molar-refractivity contribution is 7.99. The van der Waals surface area contributed by atoms with Gasteiger partial charge in [0.2, 0.25) is 0 Å². The molecule has 0 bridgehead atoms. The molecule has 0 radical (unpaired) electrons. The second-order valence-corrected chi connectivity index (χ2v) is 5.00. The first-order valence-corrected chi connectivity index (χ1v) is 6.28. The Hall–Kier alpha value is -0.900. The van der Waals surface area contributed by atoms with E-state index in [1.54, 1.807) is 12.1 Å². The third-order valence-electron chi connectivity index (χ3n) is 2.60. The van der Waals surface area contributed by atoms with Gasteiger partial charge in [-0.2, -0.15) is 11.8 Å². The molecular formula is C11H15FN2S. The van der Waals surface area contributed by atoms with Crippen molar-refractivity contribution in [2.24, 2.45) is 5.92 Å². The smallest absolute Gasteiger partial charge is 0.148 e. The number of thioether (sulfide) groups is 1. The second kappa shape index (κ2) is 4.75. The largest absolute Gasteiger partial charge is 0.399 e. The standard InChI is InChI=1S/C11H15FN2S/c12-10-5-9(13)1-2-11(10)14-6-8-3-4-15-7-8/h1-2,5,8,14H,3-4,6-7,13H2. The first-order valence-electron chi connectivity index (χ1n) is 5.12. The molecule has 2 rings (SSSR count). The predicted octanol–water partition coefficient (Wildman–Crippen LogP) is 2.57. The quantitative estimate of drug-likeness (QED) is 0.778. The molecule has 0 amide bonds. The minimum atomic E-state index is -0.263. The lowest BCUT2D eigenvalue weighted by molar-refractivity contribution is 0.611. The summed E-state index contributed by atoms with van der Waals surface area (Å²) in [7, 11) is 0. The van der Waals surface area contributed by atoms with Crippen LogP contribution in [-0.4, -0.2) is 18.1 Å². The van der Waals surface area contributed by atoms with Gasteiger partial charge in [0.25, 0.3) is 0 Å². The van der Waals surface area contributed by atoms with Crippen LogP contribution in [0, 0.1) is 11.7 Å². The van der Waals surface area contributed by atoms with Gasteiger partial charge < -0.3 is 11.1 Å². The van der Waals surface area contributed by atoms with Gasteiger partial charge in [-0.15, -0.1) is 0 Å². The molecule has 3 N–H and O–H groups in total. The summed E-state index contributed by atoms with van der Waals surface area (Å²) in [6.45, 7) is 0.855. The van der Waals surface area contributed by atoms with Crippen molar-refractivity contribution in [1.29, 1.82) is 0 Å². The van der Waals surface area contributed by atoms with Crippen molar-refractivity contribution in [3.8, 4) is 0 Å². The van der Waals surface area contributed by atoms with Crippen LogP contribution >= 0.6 is 11.8 Å². The van der Waals surface area contributed by atoms with Crippen molar-refractivity contribution >= 4 is 23.1 Å². The monoisotopic (exact) mass is 226 g/mol. The van der Waals surface area contributed by atoms with Crippen molar-refractivity contribution in [1.82, 2.24) is 0 Å². The Labute approximate surface area is 93.4 Å². The Morgan fingerprint density at radius 2 is 2.40 bits per heavy atom. The zero-order valence-corrected chi connectivity index (χ0v) is 9.32. The molecule has 1 aromatic rings. The SMILES string of the molecule is Nc1ccc(NCC2CCSC2)c(F)c1. The van der Waals surface area contributed by atoms with Gasteiger partial charge in [0, 0.05) is 12.2 Å². The lowest BCUT2D eigenvalue weighted by Crippen LogP contribution is -2.14. The van der Waals surface area contributed by atoms with Crippen LogP contribution in [0.25, 0.3) is 0 Å². The Kier molecular flexibility index (Phi) is 3.36. The fraction of sp³-hybridized carbons (Fsp3) is 0.455. The number of halogens is 1. The molecule has 1 saturated heterocycles. The Balaban J connectivity index is 1.92. The van der Waals surface area contributed by atoms with E-state index in [4.69, 9.17) is 5.73 Å². The number of hydrogen-bond donors (Lipinski definition) is 2. The molecule has 1 aromatic carbocycles. The van der Waals surface area contributed by atoms with Crippen LogP contribution in [-0.2, 0) is 0 Å². The molecule has 1 heterocycles. The molecule has 0 aromatic heterocycles. The van der Waals surface area contributed by atoms with Crippen LogP contribution in [0.2, 0.25) is 0 Å². The topological polar surface area (TPSA) is 38.0 Å². The highest BCUT2D eigenvalue weighted by Crippen LogP contribution is 2.24. The fourth-order valence-corrected chi connectivity index (χ4v) is 2.96. The molecular weight excluding hydrogens is 211 g/mol. The van der Waals surface area contributed by atoms with Crippen LogP contribution in [0.3, 0.4) is 0 Å². The van der Waals surface area contributed by atoms with Crippen LogP contribution in [0.5, 0.6) is 0 Å². The summed E-state index contributed by atoms with van der Waals surface area (Å²) in [6.07, 6.45) is 1.23. The minimum Gasteiger partial charge on any atom is -0.399 e. The molecule has 82 valence electrons. The molecule has 0 spiro atoms. The zero-order chi connectivity index (χ0) is 10.7. The Morgan fingerprint density at radius 3 is 3.07 bits per heavy atom. The van der Waals surface area contributed by atoms with E-state index in [1.165, 1.54) is 24.0 Å². The molecule has 2 nitrogen and oxygen atoms in total. The van der Waals surface area contributed by atoms with Crippen LogP contribution in [0.1, 0.15) is 6.42 Å². The van der Waals surface area contributed by atoms with Gasteiger partial charge in [0.1, 0.15) is 5.82 Å². The summed E-state index contributed by atoms with van der Waals surface area (Å²) in [5.74, 6) is 2.83. The third-order valence-corrected chi connectivity index (χ3v) is 3.83. The molecule has 1 aliphatic heterocycles. The highest BCUT2D eigenvalue weighted by atomic mass is 32.2. The molecule has 1 unspecified atom stereocenters. The molecule has 1 fully saturated rings. The third kappa shape index (κ3) is 2.78. The maximum atomic E-state index is 13.4. The van der Waals surface area contributed by atoms with E-state index in [-0.39, 0.29) is 5.82 Å². The van der Waals surface area contributed by atoms with E-state index in [9.17, 15) is 4.39 Å². The maximum absolute atomic E-state index is 13.4. The molecule has 0 aliphatic carbocycles. The van der Waals surface area contributed by atoms with Crippen molar-refractivity contribution in [3.05, 3.63) is 24.0 Å². The Morgan fingerprint density at radius 1 is 1.53 bits per heavy atom. The van der Waals surface area contributed by atoms with Crippen LogP contribution in [0.15, 0.2) is 18.2 Å². The minimum absolute atomic E-state index is 0.263. The van der Waals surface area contributed by atoms with E-state index in [0.717, 1.165) is 6.54 Å². The first-order chi connectivity index (χ1) is 7.25. The van der Waals surface area contributed by atoms with Crippen molar-refractivity contribution in [2.75, 3.05) is 29.1 Å². The fourth-order valence-electron chi connectivity index (χ4n) is 1.67. The molecule has 4 heteroatoms. The van der Waals surface area contributed by atoms with E-state index in [2.05, 4.69) is 5.32 Å². The predicted molar refractivity (Wildman–Crippen MR) is 64.7 cm³/mol. The number of nitrogens with two attached hydrogens (primary N) is 1. The van der Waals surface area contributed by atoms with Crippen molar-refractivity contribution < 1.29 is 4.39 Å². The summed E-state index contributed by atoms with van der Waals surface area (Å²) in [5.41, 5.74) is 6.50. The number of benzene rings is 1. The number of rotatable bonds is 3. The van der Waals surface area contributed by atoms with Crippen LogP contribution < -0.4 is 11.1 Å². The number of nitrogen functional groups attached to an aromatic ring is 1. The highest BCUT2D eigenvalue weighted by Gasteiger charge is 2.15. The number of hydrogen-bond acceptors (Lipinski definition) is 3. The van der Waals surface area contributed by atoms with Gasteiger partial charge in [-0.1, -0.05) is 0 Å². The number of nitrogens with one attached hydrogen (secondary N) is 1. The average Bonchev–Trinajstić information content (AvgIpc) is 2.69. The van der Waals surface area contributed by atoms with Crippen LogP contribution in [0.4, 0.5) is 15.8 Å². The Bertz CT molecular complexity index is 337. The van der Waals surface area contributed by atoms with E-state index in [1.807, 2.05) is 11.8 Å². The second-order valence-electron chi connectivity index (χ2n) is 3.85. The summed E-state index contributed by atoms with van der Waals surface area (Å²) in [4.78, 5) is 0. The molecule has 1 aliphatic rings. The van der Waals surface area contributed by atoms with Gasteiger partial charge in [-0.25, -0.2) is 4.39 Å². The van der Waals surface area contributed by atoms with E-state index >= 15 is 0 Å². The number of anilines is 2. The van der Waals surface area contributed by atoms with Gasteiger partial charge in [-0.3, -0.25) is 0 Å². The lowest BCUT2D eigenvalue weighted by Gasteiger charge is -2.12. The zero-order valence-electron chi connectivity index (χ0n) is 8.50. The molecule has 15 heavy (non-hydrogen) atoms. The van der Waals surface area contributed by atoms with Gasteiger partial charge in [-0.05, 0) is 42.0 Å². The lowest BCUT2D eigenvalue weighted by atomic mass is 10.1. The first kappa shape index (κ1) is 10.6. The summed E-state index contributed by atoms with van der Waals surface area (Å²) in [6, 6.07) is 4.77. The van der Waals surface area contributed by atoms with Gasteiger partial charge in [0.15, 0.2) is 0 Å². The average molecular weight is 226 g/mol. The van der Waals surface area contributed by atoms with E-state index < -0.39 is 0 Å². The summed E-state index contributed by atoms with van der Waals surface area (Å²) in [5, 5.41) is 3.14. The van der Waals surface area contributed by atoms with Crippen molar-refractivity contribution in [2.45, 2.75) is 6.42 Å². The summed E-state index contributed by atoms with van der Waals surface area (Å²) < 4.78 is 13.4.